The Kier molecular flexibility index (Phi) is 6.96. The van der Waals surface area contributed by atoms with Crippen LogP contribution in [0.15, 0.2) is 35.3 Å². The van der Waals surface area contributed by atoms with Gasteiger partial charge < -0.3 is 15.0 Å². The Balaban J connectivity index is 1.93. The van der Waals surface area contributed by atoms with Crippen LogP contribution in [0.3, 0.4) is 0 Å². The molecule has 0 atom stereocenters. The van der Waals surface area contributed by atoms with E-state index < -0.39 is 0 Å². The summed E-state index contributed by atoms with van der Waals surface area (Å²) < 4.78 is 5.19. The van der Waals surface area contributed by atoms with E-state index in [1.54, 1.807) is 24.3 Å². The Morgan fingerprint density at radius 1 is 1.33 bits per heavy atom. The molecular weight excluding hydrogens is 330 g/mol. The quantitative estimate of drug-likeness (QED) is 0.715. The average Bonchev–Trinajstić information content (AvgIpc) is 2.57. The predicted octanol–water partition coefficient (Wildman–Crippen LogP) is 2.18. The number of ether oxygens (including phenoxy) is 1. The maximum Gasteiger partial charge on any atom is 0.254 e. The molecular formula is C17H20ClN3O3. The number of benzene rings is 1. The Morgan fingerprint density at radius 3 is 2.75 bits per heavy atom. The van der Waals surface area contributed by atoms with E-state index in [-0.39, 0.29) is 17.9 Å². The fraction of sp³-hybridized carbons (Fsp3) is 0.353. The number of carbonyl (C=O) groups excluding carboxylic acids is 1. The van der Waals surface area contributed by atoms with Gasteiger partial charge in [-0.05, 0) is 37.6 Å². The van der Waals surface area contributed by atoms with Crippen molar-refractivity contribution >= 4 is 17.5 Å². The van der Waals surface area contributed by atoms with Crippen LogP contribution in [-0.2, 0) is 16.0 Å². The molecule has 1 aromatic carbocycles. The summed E-state index contributed by atoms with van der Waals surface area (Å²) in [5.41, 5.74) is 0.762. The Labute approximate surface area is 145 Å². The summed E-state index contributed by atoms with van der Waals surface area (Å²) in [4.78, 5) is 30.9. The van der Waals surface area contributed by atoms with Crippen LogP contribution in [-0.4, -0.2) is 35.6 Å². The lowest BCUT2D eigenvalue weighted by Gasteiger charge is -2.06. The maximum atomic E-state index is 12.1. The third-order valence-corrected chi connectivity index (χ3v) is 3.59. The van der Waals surface area contributed by atoms with Crippen LogP contribution < -0.4 is 10.9 Å². The number of nitrogens with one attached hydrogen (secondary N) is 2. The average molecular weight is 350 g/mol. The molecule has 0 aliphatic rings. The molecule has 0 unspecified atom stereocenters. The van der Waals surface area contributed by atoms with Gasteiger partial charge in [0.25, 0.3) is 5.56 Å². The van der Waals surface area contributed by atoms with E-state index in [9.17, 15) is 9.59 Å². The summed E-state index contributed by atoms with van der Waals surface area (Å²) in [7, 11) is 0. The highest BCUT2D eigenvalue weighted by Gasteiger charge is 2.09. The van der Waals surface area contributed by atoms with E-state index in [1.807, 2.05) is 6.92 Å². The molecule has 0 aliphatic heterocycles. The molecule has 2 rings (SSSR count). The molecule has 1 heterocycles. The number of nitrogens with zero attached hydrogens (tertiary/aromatic N) is 1. The van der Waals surface area contributed by atoms with E-state index in [0.717, 1.165) is 12.0 Å². The van der Waals surface area contributed by atoms with Gasteiger partial charge in [0, 0.05) is 42.1 Å². The molecule has 0 aliphatic carbocycles. The highest BCUT2D eigenvalue weighted by molar-refractivity contribution is 6.30. The molecule has 1 amide bonds. The summed E-state index contributed by atoms with van der Waals surface area (Å²) in [6.07, 6.45) is 2.17. The fourth-order valence-corrected chi connectivity index (χ4v) is 2.21. The van der Waals surface area contributed by atoms with Gasteiger partial charge in [0.2, 0.25) is 5.91 Å². The second-order valence-corrected chi connectivity index (χ2v) is 5.61. The fourth-order valence-electron chi connectivity index (χ4n) is 2.08. The first kappa shape index (κ1) is 18.2. The molecule has 7 heteroatoms. The highest BCUT2D eigenvalue weighted by Crippen LogP contribution is 2.16. The van der Waals surface area contributed by atoms with Crippen LogP contribution in [0.4, 0.5) is 0 Å². The van der Waals surface area contributed by atoms with E-state index in [2.05, 4.69) is 15.3 Å². The first-order valence-corrected chi connectivity index (χ1v) is 8.16. The van der Waals surface area contributed by atoms with Crippen molar-refractivity contribution in [3.63, 3.8) is 0 Å². The second kappa shape index (κ2) is 9.20. The van der Waals surface area contributed by atoms with E-state index in [4.69, 9.17) is 16.3 Å². The zero-order valence-corrected chi connectivity index (χ0v) is 14.2. The van der Waals surface area contributed by atoms with Crippen LogP contribution >= 0.6 is 11.6 Å². The number of halogens is 1. The van der Waals surface area contributed by atoms with Gasteiger partial charge in [-0.15, -0.1) is 0 Å². The van der Waals surface area contributed by atoms with Crippen molar-refractivity contribution in [2.75, 3.05) is 19.8 Å². The van der Waals surface area contributed by atoms with Gasteiger partial charge in [-0.2, -0.15) is 0 Å². The van der Waals surface area contributed by atoms with Crippen molar-refractivity contribution in [2.45, 2.75) is 19.8 Å². The molecule has 0 saturated heterocycles. The van der Waals surface area contributed by atoms with Gasteiger partial charge >= 0.3 is 0 Å². The second-order valence-electron chi connectivity index (χ2n) is 5.17. The largest absolute Gasteiger partial charge is 0.382 e. The third-order valence-electron chi connectivity index (χ3n) is 3.33. The molecule has 6 nitrogen and oxygen atoms in total. The van der Waals surface area contributed by atoms with Crippen molar-refractivity contribution in [3.8, 4) is 11.4 Å². The van der Waals surface area contributed by atoms with Crippen molar-refractivity contribution < 1.29 is 9.53 Å². The van der Waals surface area contributed by atoms with E-state index in [1.165, 1.54) is 6.20 Å². The predicted molar refractivity (Wildman–Crippen MR) is 93.1 cm³/mol. The number of aromatic amines is 1. The molecule has 24 heavy (non-hydrogen) atoms. The highest BCUT2D eigenvalue weighted by atomic mass is 35.5. The lowest BCUT2D eigenvalue weighted by atomic mass is 10.2. The van der Waals surface area contributed by atoms with Gasteiger partial charge in [-0.3, -0.25) is 9.59 Å². The minimum absolute atomic E-state index is 0.00212. The van der Waals surface area contributed by atoms with Gasteiger partial charge in [0.15, 0.2) is 0 Å². The van der Waals surface area contributed by atoms with Gasteiger partial charge in [0.05, 0.1) is 6.42 Å². The smallest absolute Gasteiger partial charge is 0.254 e. The number of hydrogen-bond acceptors (Lipinski definition) is 4. The van der Waals surface area contributed by atoms with Crippen molar-refractivity contribution in [1.82, 2.24) is 15.3 Å². The number of rotatable bonds is 8. The van der Waals surface area contributed by atoms with Crippen LogP contribution in [0.25, 0.3) is 11.4 Å². The van der Waals surface area contributed by atoms with Crippen molar-refractivity contribution in [3.05, 3.63) is 51.4 Å². The number of aromatic nitrogens is 2. The Bertz CT molecular complexity index is 729. The minimum atomic E-state index is -0.320. The SMILES string of the molecule is CCOCCCNC(=O)Cc1cnc(-c2ccc(Cl)cc2)[nH]c1=O. The zero-order valence-electron chi connectivity index (χ0n) is 13.5. The molecule has 0 spiro atoms. The number of H-pyrrole nitrogens is 1. The van der Waals surface area contributed by atoms with Crippen LogP contribution in [0.2, 0.25) is 5.02 Å². The summed E-state index contributed by atoms with van der Waals surface area (Å²) >= 11 is 5.84. The maximum absolute atomic E-state index is 12.1. The summed E-state index contributed by atoms with van der Waals surface area (Å²) in [6, 6.07) is 6.98. The zero-order chi connectivity index (χ0) is 17.4. The first-order valence-electron chi connectivity index (χ1n) is 7.78. The van der Waals surface area contributed by atoms with Gasteiger partial charge in [-0.1, -0.05) is 11.6 Å². The topological polar surface area (TPSA) is 84.1 Å². The van der Waals surface area contributed by atoms with Crippen molar-refractivity contribution in [2.24, 2.45) is 0 Å². The number of amides is 1. The number of hydrogen-bond donors (Lipinski definition) is 2. The molecule has 0 radical (unpaired) electrons. The monoisotopic (exact) mass is 349 g/mol. The summed E-state index contributed by atoms with van der Waals surface area (Å²) in [6.45, 7) is 3.71. The summed E-state index contributed by atoms with van der Waals surface area (Å²) in [5.74, 6) is 0.232. The molecule has 0 saturated carbocycles. The molecule has 0 bridgehead atoms. The lowest BCUT2D eigenvalue weighted by Crippen LogP contribution is -2.29. The van der Waals surface area contributed by atoms with Crippen LogP contribution in [0.5, 0.6) is 0 Å². The molecule has 128 valence electrons. The van der Waals surface area contributed by atoms with E-state index >= 15 is 0 Å². The third kappa shape index (κ3) is 5.47. The van der Waals surface area contributed by atoms with Crippen LogP contribution in [0.1, 0.15) is 18.9 Å². The van der Waals surface area contributed by atoms with Gasteiger partial charge in [0.1, 0.15) is 5.82 Å². The number of carbonyl (C=O) groups is 1. The molecule has 2 N–H and O–H groups in total. The normalized spacial score (nSPS) is 10.6. The minimum Gasteiger partial charge on any atom is -0.382 e. The molecule has 1 aromatic heterocycles. The standard InChI is InChI=1S/C17H20ClN3O3/c1-2-24-9-3-8-19-15(22)10-13-11-20-16(21-17(13)23)12-4-6-14(18)7-5-12/h4-7,11H,2-3,8-10H2,1H3,(H,19,22)(H,20,21,23). The lowest BCUT2D eigenvalue weighted by molar-refractivity contribution is -0.120. The Hall–Kier alpha value is -2.18. The van der Waals surface area contributed by atoms with E-state index in [0.29, 0.717) is 36.2 Å². The summed E-state index contributed by atoms with van der Waals surface area (Å²) in [5, 5.41) is 3.37. The molecule has 0 fully saturated rings. The Morgan fingerprint density at radius 2 is 2.08 bits per heavy atom. The van der Waals surface area contributed by atoms with Crippen molar-refractivity contribution in [1.29, 1.82) is 0 Å². The van der Waals surface area contributed by atoms with Gasteiger partial charge in [-0.25, -0.2) is 4.98 Å². The first-order chi connectivity index (χ1) is 11.6. The van der Waals surface area contributed by atoms with Crippen LogP contribution in [0, 0.1) is 0 Å². The molecule has 2 aromatic rings.